The third-order valence-corrected chi connectivity index (χ3v) is 6.24. The highest BCUT2D eigenvalue weighted by atomic mass is 79.9. The smallest absolute Gasteiger partial charge is 0.235 e. The summed E-state index contributed by atoms with van der Waals surface area (Å²) in [5, 5.41) is 6.31. The molecule has 0 radical (unpaired) electrons. The summed E-state index contributed by atoms with van der Waals surface area (Å²) in [6.45, 7) is 0. The van der Waals surface area contributed by atoms with Crippen molar-refractivity contribution in [3.8, 4) is 0 Å². The van der Waals surface area contributed by atoms with Gasteiger partial charge in [-0.2, -0.15) is 0 Å². The minimum Gasteiger partial charge on any atom is -0.325 e. The van der Waals surface area contributed by atoms with Crippen molar-refractivity contribution >= 4 is 55.0 Å². The first kappa shape index (κ1) is 21.1. The molecule has 1 saturated carbocycles. The van der Waals surface area contributed by atoms with Gasteiger partial charge in [-0.1, -0.05) is 69.0 Å². The summed E-state index contributed by atoms with van der Waals surface area (Å²) < 4.78 is 0. The van der Waals surface area contributed by atoms with Gasteiger partial charge in [0.05, 0.1) is 10.7 Å². The number of benzene rings is 2. The molecule has 0 heterocycles. The van der Waals surface area contributed by atoms with Crippen LogP contribution in [0.25, 0.3) is 0 Å². The quantitative estimate of drug-likeness (QED) is 0.474. The van der Waals surface area contributed by atoms with E-state index in [4.69, 9.17) is 0 Å². The predicted molar refractivity (Wildman–Crippen MR) is 122 cm³/mol. The summed E-state index contributed by atoms with van der Waals surface area (Å²) in [5.74, 6) is 0.831. The Morgan fingerprint density at radius 2 is 1.18 bits per heavy atom. The Labute approximate surface area is 182 Å². The normalized spacial score (nSPS) is 14.2. The summed E-state index contributed by atoms with van der Waals surface area (Å²) in [7, 11) is 0. The van der Waals surface area contributed by atoms with Crippen molar-refractivity contribution in [3.63, 3.8) is 0 Å². The Hall–Kier alpha value is -1.66. The Morgan fingerprint density at radius 1 is 0.786 bits per heavy atom. The lowest BCUT2D eigenvalue weighted by molar-refractivity contribution is -0.114. The molecule has 0 spiro atoms. The number of rotatable bonds is 7. The summed E-state index contributed by atoms with van der Waals surface area (Å²) in [5.41, 5.74) is 4.15. The molecule has 0 bridgehead atoms. The molecular formula is C22H24Br2N2O2. The maximum atomic E-state index is 11.6. The van der Waals surface area contributed by atoms with E-state index in [0.717, 1.165) is 11.4 Å². The third-order valence-electron chi connectivity index (χ3n) is 5.22. The van der Waals surface area contributed by atoms with Crippen LogP contribution in [0.15, 0.2) is 48.5 Å². The fraction of sp³-hybridized carbons (Fsp3) is 0.364. The SMILES string of the molecule is O=C(CBr)Nc1ccc(C(c2ccc(NC(=O)CBr)cc2)C2CCCC2)cc1. The molecule has 3 rings (SSSR count). The maximum absolute atomic E-state index is 11.6. The number of carbonyl (C=O) groups is 2. The third kappa shape index (κ3) is 5.45. The van der Waals surface area contributed by atoms with E-state index in [0.29, 0.717) is 11.8 Å². The van der Waals surface area contributed by atoms with Crippen molar-refractivity contribution in [2.24, 2.45) is 5.92 Å². The van der Waals surface area contributed by atoms with Crippen LogP contribution in [-0.4, -0.2) is 22.5 Å². The first-order valence-electron chi connectivity index (χ1n) is 9.52. The number of hydrogen-bond donors (Lipinski definition) is 2. The second-order valence-corrected chi connectivity index (χ2v) is 8.25. The average molecular weight is 508 g/mol. The van der Waals surface area contributed by atoms with Crippen LogP contribution in [0, 0.1) is 5.92 Å². The molecule has 0 aliphatic heterocycles. The van der Waals surface area contributed by atoms with E-state index < -0.39 is 0 Å². The van der Waals surface area contributed by atoms with Gasteiger partial charge in [0.2, 0.25) is 11.8 Å². The molecule has 1 aliphatic rings. The van der Waals surface area contributed by atoms with Gasteiger partial charge in [-0.3, -0.25) is 9.59 Å². The van der Waals surface area contributed by atoms with Crippen LogP contribution < -0.4 is 10.6 Å². The lowest BCUT2D eigenvalue weighted by Gasteiger charge is -2.25. The van der Waals surface area contributed by atoms with Crippen LogP contribution in [-0.2, 0) is 9.59 Å². The Bertz CT molecular complexity index is 739. The zero-order valence-electron chi connectivity index (χ0n) is 15.6. The van der Waals surface area contributed by atoms with E-state index in [1.54, 1.807) is 0 Å². The minimum atomic E-state index is -0.0544. The lowest BCUT2D eigenvalue weighted by atomic mass is 9.79. The van der Waals surface area contributed by atoms with Gasteiger partial charge in [-0.15, -0.1) is 0 Å². The number of anilines is 2. The van der Waals surface area contributed by atoms with Crippen LogP contribution in [0.4, 0.5) is 11.4 Å². The van der Waals surface area contributed by atoms with Gasteiger partial charge < -0.3 is 10.6 Å². The molecule has 0 aromatic heterocycles. The van der Waals surface area contributed by atoms with Crippen molar-refractivity contribution in [1.29, 1.82) is 0 Å². The van der Waals surface area contributed by atoms with Gasteiger partial charge in [0.1, 0.15) is 0 Å². The molecular weight excluding hydrogens is 484 g/mol. The predicted octanol–water partition coefficient (Wildman–Crippen LogP) is 5.68. The van der Waals surface area contributed by atoms with Crippen molar-refractivity contribution < 1.29 is 9.59 Å². The molecule has 1 fully saturated rings. The minimum absolute atomic E-state index is 0.0544. The Morgan fingerprint density at radius 3 is 1.54 bits per heavy atom. The number of halogens is 2. The topological polar surface area (TPSA) is 58.2 Å². The van der Waals surface area contributed by atoms with Crippen LogP contribution in [0.5, 0.6) is 0 Å². The number of amides is 2. The van der Waals surface area contributed by atoms with Crippen LogP contribution in [0.1, 0.15) is 42.7 Å². The van der Waals surface area contributed by atoms with E-state index in [2.05, 4.69) is 66.8 Å². The molecule has 0 saturated heterocycles. The summed E-state index contributed by atoms with van der Waals surface area (Å²) in [4.78, 5) is 23.1. The summed E-state index contributed by atoms with van der Waals surface area (Å²) in [6.07, 6.45) is 5.02. The van der Waals surface area contributed by atoms with E-state index >= 15 is 0 Å². The summed E-state index contributed by atoms with van der Waals surface area (Å²) in [6, 6.07) is 16.4. The number of hydrogen-bond acceptors (Lipinski definition) is 2. The molecule has 2 N–H and O–H groups in total. The maximum Gasteiger partial charge on any atom is 0.235 e. The van der Waals surface area contributed by atoms with Crippen LogP contribution >= 0.6 is 31.9 Å². The van der Waals surface area contributed by atoms with Gasteiger partial charge >= 0.3 is 0 Å². The van der Waals surface area contributed by atoms with Gasteiger partial charge in [0.15, 0.2) is 0 Å². The number of alkyl halides is 2. The molecule has 0 atom stereocenters. The van der Waals surface area contributed by atoms with Crippen LogP contribution in [0.2, 0.25) is 0 Å². The molecule has 4 nitrogen and oxygen atoms in total. The van der Waals surface area contributed by atoms with E-state index in [1.165, 1.54) is 36.8 Å². The highest BCUT2D eigenvalue weighted by molar-refractivity contribution is 9.09. The van der Waals surface area contributed by atoms with Crippen molar-refractivity contribution in [2.45, 2.75) is 31.6 Å². The van der Waals surface area contributed by atoms with Gasteiger partial charge in [-0.25, -0.2) is 0 Å². The van der Waals surface area contributed by atoms with E-state index in [-0.39, 0.29) is 22.5 Å². The fourth-order valence-corrected chi connectivity index (χ4v) is 4.24. The monoisotopic (exact) mass is 506 g/mol. The molecule has 6 heteroatoms. The molecule has 2 aromatic carbocycles. The first-order valence-corrected chi connectivity index (χ1v) is 11.8. The summed E-state index contributed by atoms with van der Waals surface area (Å²) >= 11 is 6.34. The molecule has 0 unspecified atom stereocenters. The Balaban J connectivity index is 1.83. The number of carbonyl (C=O) groups excluding carboxylic acids is 2. The van der Waals surface area contributed by atoms with Gasteiger partial charge in [0.25, 0.3) is 0 Å². The average Bonchev–Trinajstić information content (AvgIpc) is 3.25. The standard InChI is InChI=1S/C22H24Br2N2O2/c23-13-20(27)25-18-9-5-16(6-10-18)22(15-3-1-2-4-15)17-7-11-19(12-8-17)26-21(28)14-24/h5-12,15,22H,1-4,13-14H2,(H,25,27)(H,26,28). The molecule has 1 aliphatic carbocycles. The fourth-order valence-electron chi connectivity index (χ4n) is 3.96. The van der Waals surface area contributed by atoms with Crippen molar-refractivity contribution in [2.75, 3.05) is 21.3 Å². The first-order chi connectivity index (χ1) is 13.6. The Kier molecular flexibility index (Phi) is 7.68. The second-order valence-electron chi connectivity index (χ2n) is 7.13. The number of nitrogens with one attached hydrogen (secondary N) is 2. The largest absolute Gasteiger partial charge is 0.325 e. The zero-order chi connectivity index (χ0) is 19.9. The highest BCUT2D eigenvalue weighted by Gasteiger charge is 2.27. The highest BCUT2D eigenvalue weighted by Crippen LogP contribution is 2.42. The van der Waals surface area contributed by atoms with Gasteiger partial charge in [-0.05, 0) is 54.2 Å². The van der Waals surface area contributed by atoms with E-state index in [9.17, 15) is 9.59 Å². The van der Waals surface area contributed by atoms with Gasteiger partial charge in [0, 0.05) is 17.3 Å². The molecule has 28 heavy (non-hydrogen) atoms. The molecule has 2 amide bonds. The lowest BCUT2D eigenvalue weighted by Crippen LogP contribution is -2.14. The van der Waals surface area contributed by atoms with Crippen LogP contribution in [0.3, 0.4) is 0 Å². The van der Waals surface area contributed by atoms with E-state index in [1.807, 2.05) is 24.3 Å². The molecule has 2 aromatic rings. The van der Waals surface area contributed by atoms with Crippen molar-refractivity contribution in [3.05, 3.63) is 59.7 Å². The second kappa shape index (κ2) is 10.2. The van der Waals surface area contributed by atoms with Crippen molar-refractivity contribution in [1.82, 2.24) is 0 Å². The molecule has 148 valence electrons. The zero-order valence-corrected chi connectivity index (χ0v) is 18.8.